The minimum atomic E-state index is -0.681. The number of nitrogens with zero attached hydrogens (tertiary/aromatic N) is 1. The van der Waals surface area contributed by atoms with E-state index in [1.54, 1.807) is 6.08 Å². The van der Waals surface area contributed by atoms with E-state index in [1.165, 1.54) is 18.2 Å². The molecule has 0 atom stereocenters. The third-order valence-corrected chi connectivity index (χ3v) is 4.46. The highest BCUT2D eigenvalue weighted by Gasteiger charge is 2.24. The zero-order chi connectivity index (χ0) is 20.4. The summed E-state index contributed by atoms with van der Waals surface area (Å²) in [4.78, 5) is 34.1. The predicted molar refractivity (Wildman–Crippen MR) is 105 cm³/mol. The van der Waals surface area contributed by atoms with Gasteiger partial charge in [-0.3, -0.25) is 14.9 Å². The van der Waals surface area contributed by atoms with Gasteiger partial charge in [-0.15, -0.1) is 0 Å². The zero-order valence-corrected chi connectivity index (χ0v) is 16.5. The number of halogens is 1. The smallest absolute Gasteiger partial charge is 0.343 e. The van der Waals surface area contributed by atoms with E-state index >= 15 is 0 Å². The lowest BCUT2D eigenvalue weighted by Gasteiger charge is -2.06. The van der Waals surface area contributed by atoms with Crippen molar-refractivity contribution in [2.75, 3.05) is 0 Å². The second kappa shape index (κ2) is 7.77. The van der Waals surface area contributed by atoms with Crippen molar-refractivity contribution in [2.45, 2.75) is 13.8 Å². The number of carbonyl (C=O) groups is 2. The van der Waals surface area contributed by atoms with Crippen molar-refractivity contribution < 1.29 is 24.0 Å². The van der Waals surface area contributed by atoms with Gasteiger partial charge in [-0.1, -0.05) is 29.8 Å². The van der Waals surface area contributed by atoms with Gasteiger partial charge in [-0.2, -0.15) is 0 Å². The van der Waals surface area contributed by atoms with Crippen molar-refractivity contribution in [3.63, 3.8) is 0 Å². The Balaban J connectivity index is 2.00. The molecule has 1 heterocycles. The largest absolute Gasteiger partial charge is 0.422 e. The Morgan fingerprint density at radius 3 is 2.54 bits per heavy atom. The molecule has 1 aliphatic rings. The number of rotatable bonds is 4. The first-order valence-corrected chi connectivity index (χ1v) is 8.93. The number of aryl methyl sites for hydroxylation is 1. The van der Waals surface area contributed by atoms with Crippen molar-refractivity contribution in [1.29, 1.82) is 0 Å². The fourth-order valence-electron chi connectivity index (χ4n) is 2.59. The summed E-state index contributed by atoms with van der Waals surface area (Å²) in [5.41, 5.74) is 2.06. The molecular weight excluding hydrogens is 430 g/mol. The summed E-state index contributed by atoms with van der Waals surface area (Å²) in [6.07, 6.45) is 3.05. The molecule has 0 aromatic heterocycles. The molecule has 2 aromatic rings. The maximum Gasteiger partial charge on any atom is 0.343 e. The molecule has 0 N–H and O–H groups in total. The molecule has 28 heavy (non-hydrogen) atoms. The maximum absolute atomic E-state index is 12.2. The highest BCUT2D eigenvalue weighted by Crippen LogP contribution is 2.38. The van der Waals surface area contributed by atoms with E-state index < -0.39 is 22.5 Å². The van der Waals surface area contributed by atoms with Gasteiger partial charge in [-0.05, 0) is 46.6 Å². The topological polar surface area (TPSA) is 95.7 Å². The van der Waals surface area contributed by atoms with E-state index in [2.05, 4.69) is 15.9 Å². The van der Waals surface area contributed by atoms with Crippen molar-refractivity contribution in [3.8, 4) is 5.75 Å². The molecule has 0 spiro atoms. The van der Waals surface area contributed by atoms with Gasteiger partial charge in [0.25, 0.3) is 0 Å². The van der Waals surface area contributed by atoms with Crippen molar-refractivity contribution in [3.05, 3.63) is 79.3 Å². The van der Waals surface area contributed by atoms with Gasteiger partial charge in [0.1, 0.15) is 5.76 Å². The molecule has 0 amide bonds. The summed E-state index contributed by atoms with van der Waals surface area (Å²) in [6.45, 7) is 3.10. The maximum atomic E-state index is 12.2. The first-order valence-electron chi connectivity index (χ1n) is 8.13. The van der Waals surface area contributed by atoms with Crippen molar-refractivity contribution in [1.82, 2.24) is 0 Å². The number of nitro benzene ring substituents is 1. The number of nitro groups is 1. The predicted octanol–water partition coefficient (Wildman–Crippen LogP) is 4.57. The van der Waals surface area contributed by atoms with E-state index in [4.69, 9.17) is 9.47 Å². The fraction of sp³-hybridized carbons (Fsp3) is 0.100. The third-order valence-electron chi connectivity index (χ3n) is 3.87. The van der Waals surface area contributed by atoms with Crippen molar-refractivity contribution in [2.24, 2.45) is 0 Å². The lowest BCUT2D eigenvalue weighted by molar-refractivity contribution is -0.385. The Bertz CT molecular complexity index is 1050. The molecule has 142 valence electrons. The SMILES string of the molecule is CC(=O)Oc1c(Br)cc(/C=C2\C=C(c3ccc(C)cc3)OC2=O)cc1[N+](=O)[O-]. The lowest BCUT2D eigenvalue weighted by Crippen LogP contribution is -2.05. The molecule has 3 rings (SSSR count). The summed E-state index contributed by atoms with van der Waals surface area (Å²) in [5, 5.41) is 11.3. The van der Waals surface area contributed by atoms with Crippen LogP contribution in [0.3, 0.4) is 0 Å². The van der Waals surface area contributed by atoms with Crippen LogP contribution in [0.1, 0.15) is 23.6 Å². The van der Waals surface area contributed by atoms with Gasteiger partial charge in [0.2, 0.25) is 5.75 Å². The number of cyclic esters (lactones) is 1. The molecule has 0 fully saturated rings. The first-order chi connectivity index (χ1) is 13.2. The van der Waals surface area contributed by atoms with E-state index in [0.717, 1.165) is 18.1 Å². The van der Waals surface area contributed by atoms with Crippen LogP contribution in [-0.2, 0) is 14.3 Å². The summed E-state index contributed by atoms with van der Waals surface area (Å²) >= 11 is 3.17. The normalized spacial score (nSPS) is 14.6. The third kappa shape index (κ3) is 4.17. The number of carbonyl (C=O) groups excluding carboxylic acids is 2. The molecule has 0 saturated carbocycles. The fourth-order valence-corrected chi connectivity index (χ4v) is 3.14. The molecule has 2 aromatic carbocycles. The summed E-state index contributed by atoms with van der Waals surface area (Å²) < 4.78 is 10.4. The quantitative estimate of drug-likeness (QED) is 0.225. The highest BCUT2D eigenvalue weighted by atomic mass is 79.9. The van der Waals surface area contributed by atoms with Gasteiger partial charge in [-0.25, -0.2) is 4.79 Å². The Kier molecular flexibility index (Phi) is 5.41. The lowest BCUT2D eigenvalue weighted by atomic mass is 10.1. The van der Waals surface area contributed by atoms with Gasteiger partial charge in [0, 0.05) is 18.6 Å². The molecule has 1 aliphatic heterocycles. The van der Waals surface area contributed by atoms with Gasteiger partial charge >= 0.3 is 17.6 Å². The molecule has 0 unspecified atom stereocenters. The average Bonchev–Trinajstić information content (AvgIpc) is 2.97. The Hall–Kier alpha value is -3.26. The molecule has 0 saturated heterocycles. The van der Waals surface area contributed by atoms with Crippen LogP contribution in [0.4, 0.5) is 5.69 Å². The van der Waals surface area contributed by atoms with Gasteiger partial charge < -0.3 is 9.47 Å². The molecule has 8 heteroatoms. The average molecular weight is 444 g/mol. The number of benzene rings is 2. The highest BCUT2D eigenvalue weighted by molar-refractivity contribution is 9.10. The first kappa shape index (κ1) is 19.5. The summed E-state index contributed by atoms with van der Waals surface area (Å²) in [5.74, 6) is -1.02. The van der Waals surface area contributed by atoms with Crippen molar-refractivity contribution >= 4 is 45.4 Å². The van der Waals surface area contributed by atoms with Crippen LogP contribution < -0.4 is 4.74 Å². The Labute approximate surface area is 168 Å². The van der Waals surface area contributed by atoms with Crippen LogP contribution in [0.25, 0.3) is 11.8 Å². The second-order valence-electron chi connectivity index (χ2n) is 6.07. The number of hydrogen-bond donors (Lipinski definition) is 0. The van der Waals surface area contributed by atoms with Crippen LogP contribution in [0.15, 0.2) is 52.5 Å². The minimum absolute atomic E-state index is 0.190. The minimum Gasteiger partial charge on any atom is -0.422 e. The van der Waals surface area contributed by atoms with E-state index in [-0.39, 0.29) is 15.8 Å². The second-order valence-corrected chi connectivity index (χ2v) is 6.92. The number of ether oxygens (including phenoxy) is 2. The summed E-state index contributed by atoms with van der Waals surface area (Å²) in [6, 6.07) is 10.2. The van der Waals surface area contributed by atoms with Crippen LogP contribution in [0, 0.1) is 17.0 Å². The van der Waals surface area contributed by atoms with Crippen LogP contribution >= 0.6 is 15.9 Å². The molecule has 0 bridgehead atoms. The molecule has 0 radical (unpaired) electrons. The van der Waals surface area contributed by atoms with Gasteiger partial charge in [0.15, 0.2) is 0 Å². The van der Waals surface area contributed by atoms with Crippen LogP contribution in [-0.4, -0.2) is 16.9 Å². The molecule has 0 aliphatic carbocycles. The Morgan fingerprint density at radius 1 is 1.25 bits per heavy atom. The standard InChI is InChI=1S/C20H14BrNO6/c1-11-3-5-14(6-4-11)18-10-15(20(24)28-18)7-13-8-16(21)19(27-12(2)23)17(9-13)22(25)26/h3-10H,1-2H3/b15-7+. The summed E-state index contributed by atoms with van der Waals surface area (Å²) in [7, 11) is 0. The number of hydrogen-bond acceptors (Lipinski definition) is 6. The van der Waals surface area contributed by atoms with E-state index in [1.807, 2.05) is 31.2 Å². The zero-order valence-electron chi connectivity index (χ0n) is 14.9. The van der Waals surface area contributed by atoms with E-state index in [9.17, 15) is 19.7 Å². The van der Waals surface area contributed by atoms with Crippen LogP contribution in [0.5, 0.6) is 5.75 Å². The van der Waals surface area contributed by atoms with Gasteiger partial charge in [0.05, 0.1) is 15.0 Å². The molecular formula is C20H14BrNO6. The Morgan fingerprint density at radius 2 is 1.93 bits per heavy atom. The van der Waals surface area contributed by atoms with Crippen LogP contribution in [0.2, 0.25) is 0 Å². The number of esters is 2. The monoisotopic (exact) mass is 443 g/mol. The van der Waals surface area contributed by atoms with E-state index in [0.29, 0.717) is 11.3 Å². The molecule has 7 nitrogen and oxygen atoms in total.